The van der Waals surface area contributed by atoms with Gasteiger partial charge in [0.15, 0.2) is 5.11 Å². The molecule has 1 heterocycles. The molecule has 0 atom stereocenters. The van der Waals surface area contributed by atoms with E-state index in [9.17, 15) is 14.9 Å². The number of hydrogen-bond acceptors (Lipinski definition) is 7. The number of carbonyl (C=O) groups excluding carboxylic acids is 2. The molecule has 0 saturated heterocycles. The van der Waals surface area contributed by atoms with Gasteiger partial charge in [0.05, 0.1) is 12.2 Å². The molecule has 0 fully saturated rings. The maximum atomic E-state index is 12.5. The summed E-state index contributed by atoms with van der Waals surface area (Å²) in [6, 6.07) is 18.5. The van der Waals surface area contributed by atoms with Gasteiger partial charge in [0.1, 0.15) is 28.3 Å². The lowest BCUT2D eigenvalue weighted by atomic mass is 10.2. The highest BCUT2D eigenvalue weighted by atomic mass is 32.1. The summed E-state index contributed by atoms with van der Waals surface area (Å²) in [4.78, 5) is 24.9. The van der Waals surface area contributed by atoms with Crippen LogP contribution < -0.4 is 15.4 Å². The minimum Gasteiger partial charge on any atom is -0.489 e. The van der Waals surface area contributed by atoms with Crippen LogP contribution in [-0.2, 0) is 11.3 Å². The Labute approximate surface area is 201 Å². The lowest BCUT2D eigenvalue weighted by Crippen LogP contribution is -2.34. The number of thiocarbonyl (C=S) groups is 1. The van der Waals surface area contributed by atoms with Gasteiger partial charge in [0.2, 0.25) is 0 Å². The van der Waals surface area contributed by atoms with Crippen LogP contribution in [0.5, 0.6) is 5.75 Å². The summed E-state index contributed by atoms with van der Waals surface area (Å²) < 4.78 is 10.7. The first-order valence-corrected chi connectivity index (χ1v) is 11.2. The van der Waals surface area contributed by atoms with Gasteiger partial charge in [-0.3, -0.25) is 10.1 Å². The van der Waals surface area contributed by atoms with Crippen molar-refractivity contribution in [3.63, 3.8) is 0 Å². The zero-order valence-electron chi connectivity index (χ0n) is 18.0. The average Bonchev–Trinajstić information content (AvgIpc) is 3.13. The van der Waals surface area contributed by atoms with Crippen molar-refractivity contribution < 1.29 is 19.1 Å². The normalized spacial score (nSPS) is 10.1. The molecule has 1 amide bonds. The third kappa shape index (κ3) is 6.16. The molecule has 3 rings (SSSR count). The molecular formula is C24H21N3O4S2. The van der Waals surface area contributed by atoms with Crippen LogP contribution in [0, 0.1) is 18.3 Å². The van der Waals surface area contributed by atoms with Gasteiger partial charge in [-0.05, 0) is 61.5 Å². The van der Waals surface area contributed by atoms with Gasteiger partial charge in [0.25, 0.3) is 5.91 Å². The van der Waals surface area contributed by atoms with E-state index in [2.05, 4.69) is 16.7 Å². The number of nitriles is 1. The summed E-state index contributed by atoms with van der Waals surface area (Å²) in [5, 5.41) is 15.3. The number of esters is 1. The lowest BCUT2D eigenvalue weighted by molar-refractivity contribution is 0.0531. The molecule has 0 saturated carbocycles. The van der Waals surface area contributed by atoms with Crippen LogP contribution in [0.25, 0.3) is 0 Å². The Morgan fingerprint density at radius 2 is 1.82 bits per heavy atom. The molecule has 3 aromatic rings. The van der Waals surface area contributed by atoms with Crippen molar-refractivity contribution in [1.29, 1.82) is 5.26 Å². The van der Waals surface area contributed by atoms with Crippen LogP contribution in [-0.4, -0.2) is 23.6 Å². The molecule has 9 heteroatoms. The van der Waals surface area contributed by atoms with E-state index < -0.39 is 11.9 Å². The molecule has 0 unspecified atom stereocenters. The minimum absolute atomic E-state index is 0.0116. The van der Waals surface area contributed by atoms with Gasteiger partial charge in [-0.2, -0.15) is 5.26 Å². The molecule has 0 aliphatic rings. The van der Waals surface area contributed by atoms with E-state index in [0.717, 1.165) is 16.9 Å². The predicted octanol–water partition coefficient (Wildman–Crippen LogP) is 4.81. The number of amides is 1. The highest BCUT2D eigenvalue weighted by molar-refractivity contribution is 7.80. The quantitative estimate of drug-likeness (QED) is 0.370. The van der Waals surface area contributed by atoms with Gasteiger partial charge < -0.3 is 14.8 Å². The summed E-state index contributed by atoms with van der Waals surface area (Å²) in [6.45, 7) is 4.02. The fraction of sp³-hybridized carbons (Fsp3) is 0.167. The van der Waals surface area contributed by atoms with E-state index in [4.69, 9.17) is 21.7 Å². The van der Waals surface area contributed by atoms with Crippen molar-refractivity contribution in [3.05, 3.63) is 81.7 Å². The van der Waals surface area contributed by atoms with Crippen molar-refractivity contribution in [3.8, 4) is 11.8 Å². The van der Waals surface area contributed by atoms with Crippen LogP contribution >= 0.6 is 23.6 Å². The Kier molecular flexibility index (Phi) is 8.13. The van der Waals surface area contributed by atoms with Crippen molar-refractivity contribution >= 4 is 45.5 Å². The number of rotatable bonds is 7. The number of hydrogen-bond donors (Lipinski definition) is 2. The molecule has 7 nitrogen and oxygen atoms in total. The number of ether oxygens (including phenoxy) is 2. The highest BCUT2D eigenvalue weighted by Crippen LogP contribution is 2.33. The molecule has 168 valence electrons. The Morgan fingerprint density at radius 1 is 1.12 bits per heavy atom. The van der Waals surface area contributed by atoms with E-state index in [-0.39, 0.29) is 17.3 Å². The number of nitrogens with one attached hydrogen (secondary N) is 2. The van der Waals surface area contributed by atoms with Crippen LogP contribution in [0.3, 0.4) is 0 Å². The number of nitrogens with zero attached hydrogens (tertiary/aromatic N) is 1. The Hall–Kier alpha value is -3.74. The predicted molar refractivity (Wildman–Crippen MR) is 131 cm³/mol. The van der Waals surface area contributed by atoms with Gasteiger partial charge in [-0.25, -0.2) is 4.79 Å². The van der Waals surface area contributed by atoms with Gasteiger partial charge in [-0.15, -0.1) is 11.3 Å². The molecule has 33 heavy (non-hydrogen) atoms. The van der Waals surface area contributed by atoms with E-state index in [1.54, 1.807) is 38.1 Å². The first-order chi connectivity index (χ1) is 15.9. The summed E-state index contributed by atoms with van der Waals surface area (Å²) in [7, 11) is 0. The topological polar surface area (TPSA) is 100 Å². The van der Waals surface area contributed by atoms with Gasteiger partial charge >= 0.3 is 5.97 Å². The molecule has 1 aromatic heterocycles. The van der Waals surface area contributed by atoms with Crippen LogP contribution in [0.2, 0.25) is 0 Å². The second-order valence-corrected chi connectivity index (χ2v) is 8.23. The molecule has 0 bridgehead atoms. The number of anilines is 1. The maximum absolute atomic E-state index is 12.5. The molecular weight excluding hydrogens is 458 g/mol. The van der Waals surface area contributed by atoms with Gasteiger partial charge in [0, 0.05) is 5.56 Å². The first-order valence-electron chi connectivity index (χ1n) is 10.0. The van der Waals surface area contributed by atoms with Crippen molar-refractivity contribution in [2.45, 2.75) is 20.5 Å². The van der Waals surface area contributed by atoms with Crippen LogP contribution in [0.1, 0.15) is 43.6 Å². The van der Waals surface area contributed by atoms with E-state index >= 15 is 0 Å². The Balaban J connectivity index is 1.60. The van der Waals surface area contributed by atoms with Crippen LogP contribution in [0.4, 0.5) is 5.00 Å². The van der Waals surface area contributed by atoms with E-state index in [0.29, 0.717) is 33.4 Å². The smallest absolute Gasteiger partial charge is 0.348 e. The highest BCUT2D eigenvalue weighted by Gasteiger charge is 2.22. The SMILES string of the molecule is CCOC(=O)c1sc(NC(=S)NC(=O)c2ccc(OCc3ccccc3)cc2)c(C#N)c1C. The fourth-order valence-electron chi connectivity index (χ4n) is 2.88. The minimum atomic E-state index is -0.505. The largest absolute Gasteiger partial charge is 0.489 e. The molecule has 0 aliphatic carbocycles. The van der Waals surface area contributed by atoms with Crippen LogP contribution in [0.15, 0.2) is 54.6 Å². The third-order valence-electron chi connectivity index (χ3n) is 4.54. The van der Waals surface area contributed by atoms with Crippen molar-refractivity contribution in [1.82, 2.24) is 5.32 Å². The summed E-state index contributed by atoms with van der Waals surface area (Å²) in [5.74, 6) is -0.288. The summed E-state index contributed by atoms with van der Waals surface area (Å²) in [6.07, 6.45) is 0. The molecule has 2 N–H and O–H groups in total. The molecule has 0 spiro atoms. The number of thiophene rings is 1. The summed E-state index contributed by atoms with van der Waals surface area (Å²) in [5.41, 5.74) is 2.21. The second kappa shape index (κ2) is 11.2. The van der Waals surface area contributed by atoms with Crippen molar-refractivity contribution in [2.75, 3.05) is 11.9 Å². The molecule has 0 aliphatic heterocycles. The van der Waals surface area contributed by atoms with E-state index in [1.807, 2.05) is 30.3 Å². The zero-order valence-corrected chi connectivity index (χ0v) is 19.6. The third-order valence-corrected chi connectivity index (χ3v) is 5.93. The monoisotopic (exact) mass is 479 g/mol. The Morgan fingerprint density at radius 3 is 2.45 bits per heavy atom. The maximum Gasteiger partial charge on any atom is 0.348 e. The Bertz CT molecular complexity index is 1200. The summed E-state index contributed by atoms with van der Waals surface area (Å²) >= 11 is 6.28. The number of benzene rings is 2. The average molecular weight is 480 g/mol. The fourth-order valence-corrected chi connectivity index (χ4v) is 4.20. The second-order valence-electron chi connectivity index (χ2n) is 6.80. The van der Waals surface area contributed by atoms with Crippen molar-refractivity contribution in [2.24, 2.45) is 0 Å². The van der Waals surface area contributed by atoms with E-state index in [1.165, 1.54) is 0 Å². The lowest BCUT2D eigenvalue weighted by Gasteiger charge is -2.10. The zero-order chi connectivity index (χ0) is 23.8. The standard InChI is InChI=1S/C24H21N3O4S2/c1-3-30-23(29)20-15(2)19(13-25)22(33-20)27-24(32)26-21(28)17-9-11-18(12-10-17)31-14-16-7-5-4-6-8-16/h4-12H,3,14H2,1-2H3,(H2,26,27,28,32). The molecule has 2 aromatic carbocycles. The van der Waals surface area contributed by atoms with Gasteiger partial charge in [-0.1, -0.05) is 30.3 Å². The first kappa shape index (κ1) is 23.9. The number of carbonyl (C=O) groups is 2. The molecule has 0 radical (unpaired) electrons.